The normalized spacial score (nSPS) is 10.6. The van der Waals surface area contributed by atoms with Gasteiger partial charge in [-0.3, -0.25) is 0 Å². The third-order valence-corrected chi connectivity index (χ3v) is 2.79. The van der Waals surface area contributed by atoms with Crippen molar-refractivity contribution in [3.63, 3.8) is 0 Å². The summed E-state index contributed by atoms with van der Waals surface area (Å²) in [4.78, 5) is 35.6. The Hall–Kier alpha value is -1.85. The Balaban J connectivity index is 3.33. The number of allylic oxidation sites excluding steroid dienone is 1. The first-order valence-electron chi connectivity index (χ1n) is 6.06. The van der Waals surface area contributed by atoms with Gasteiger partial charge in [-0.2, -0.15) is 0 Å². The Labute approximate surface area is 105 Å². The molecule has 6 nitrogen and oxygen atoms in total. The van der Waals surface area contributed by atoms with E-state index < -0.39 is 17.1 Å². The molecule has 0 saturated heterocycles. The fourth-order valence-electron chi connectivity index (χ4n) is 1.75. The summed E-state index contributed by atoms with van der Waals surface area (Å²) in [5, 5.41) is 0. The van der Waals surface area contributed by atoms with Crippen molar-refractivity contribution in [2.24, 2.45) is 7.05 Å². The van der Waals surface area contributed by atoms with Crippen LogP contribution < -0.4 is 17.1 Å². The minimum absolute atomic E-state index is 0.111. The molecule has 0 saturated carbocycles. The third-order valence-electron chi connectivity index (χ3n) is 2.79. The van der Waals surface area contributed by atoms with Crippen molar-refractivity contribution in [1.29, 1.82) is 0 Å². The van der Waals surface area contributed by atoms with Crippen molar-refractivity contribution in [2.45, 2.75) is 39.3 Å². The van der Waals surface area contributed by atoms with Crippen LogP contribution in [0, 0.1) is 0 Å². The molecule has 0 aliphatic heterocycles. The molecule has 1 aromatic rings. The number of hydrogen-bond donors (Lipinski definition) is 0. The van der Waals surface area contributed by atoms with Crippen molar-refractivity contribution >= 4 is 0 Å². The molecule has 0 fully saturated rings. The zero-order chi connectivity index (χ0) is 13.7. The zero-order valence-electron chi connectivity index (χ0n) is 10.9. The summed E-state index contributed by atoms with van der Waals surface area (Å²) in [7, 11) is 1.38. The molecule has 0 bridgehead atoms. The lowest BCUT2D eigenvalue weighted by Crippen LogP contribution is -2.53. The number of hydrogen-bond acceptors (Lipinski definition) is 3. The summed E-state index contributed by atoms with van der Waals surface area (Å²) in [6.45, 7) is 6.00. The lowest BCUT2D eigenvalue weighted by Gasteiger charge is -2.10. The maximum Gasteiger partial charge on any atom is 0.336 e. The second kappa shape index (κ2) is 6.18. The molecule has 1 rings (SSSR count). The van der Waals surface area contributed by atoms with E-state index in [1.165, 1.54) is 13.1 Å². The van der Waals surface area contributed by atoms with Crippen LogP contribution in [0.4, 0.5) is 0 Å². The molecule has 0 aliphatic carbocycles. The van der Waals surface area contributed by atoms with Gasteiger partial charge in [0.05, 0.1) is 6.54 Å². The summed E-state index contributed by atoms with van der Waals surface area (Å²) in [5.74, 6) is 0. The van der Waals surface area contributed by atoms with Gasteiger partial charge in [0, 0.05) is 13.6 Å². The highest BCUT2D eigenvalue weighted by Gasteiger charge is 2.11. The third kappa shape index (κ3) is 2.69. The Morgan fingerprint density at radius 1 is 1.06 bits per heavy atom. The van der Waals surface area contributed by atoms with Gasteiger partial charge in [0.15, 0.2) is 0 Å². The van der Waals surface area contributed by atoms with Crippen LogP contribution in [-0.4, -0.2) is 13.7 Å². The van der Waals surface area contributed by atoms with E-state index in [0.717, 1.165) is 33.0 Å². The van der Waals surface area contributed by atoms with Crippen molar-refractivity contribution in [1.82, 2.24) is 13.7 Å². The first kappa shape index (κ1) is 14.2. The van der Waals surface area contributed by atoms with Crippen LogP contribution in [0.5, 0.6) is 0 Å². The van der Waals surface area contributed by atoms with Crippen molar-refractivity contribution in [3.05, 3.63) is 44.1 Å². The topological polar surface area (TPSA) is 66.0 Å². The van der Waals surface area contributed by atoms with Crippen LogP contribution in [0.25, 0.3) is 0 Å². The highest BCUT2D eigenvalue weighted by molar-refractivity contribution is 4.81. The molecule has 1 heterocycles. The molecular formula is C12H19N3O3. The van der Waals surface area contributed by atoms with Gasteiger partial charge >= 0.3 is 17.1 Å². The molecule has 0 N–H and O–H groups in total. The van der Waals surface area contributed by atoms with E-state index >= 15 is 0 Å². The molecule has 0 atom stereocenters. The van der Waals surface area contributed by atoms with E-state index in [9.17, 15) is 14.4 Å². The van der Waals surface area contributed by atoms with Gasteiger partial charge in [0.25, 0.3) is 0 Å². The van der Waals surface area contributed by atoms with Gasteiger partial charge in [0.2, 0.25) is 0 Å². The molecule has 0 spiro atoms. The molecule has 0 aliphatic rings. The number of aromatic nitrogens is 3. The summed E-state index contributed by atoms with van der Waals surface area (Å²) < 4.78 is 3.08. The standard InChI is InChI=1S/C12H19N3O3/c1-4-6-7-9-15-11(17)13(3)10(16)14(8-5-2)12(15)18/h5H,2,4,6-9H2,1,3H3. The first-order valence-corrected chi connectivity index (χ1v) is 6.06. The smallest absolute Gasteiger partial charge is 0.248 e. The van der Waals surface area contributed by atoms with Gasteiger partial charge in [-0.1, -0.05) is 25.8 Å². The van der Waals surface area contributed by atoms with E-state index in [4.69, 9.17) is 0 Å². The minimum Gasteiger partial charge on any atom is -0.248 e. The molecule has 0 aromatic carbocycles. The second-order valence-corrected chi connectivity index (χ2v) is 4.16. The van der Waals surface area contributed by atoms with Gasteiger partial charge in [-0.25, -0.2) is 28.1 Å². The quantitative estimate of drug-likeness (QED) is 0.533. The molecule has 0 radical (unpaired) electrons. The Kier molecular flexibility index (Phi) is 4.88. The largest absolute Gasteiger partial charge is 0.336 e. The average Bonchev–Trinajstić information content (AvgIpc) is 2.36. The van der Waals surface area contributed by atoms with Gasteiger partial charge in [0.1, 0.15) is 0 Å². The molecule has 0 unspecified atom stereocenters. The maximum atomic E-state index is 12.0. The predicted octanol–water partition coefficient (Wildman–Crippen LogP) is 0.0849. The van der Waals surface area contributed by atoms with E-state index in [2.05, 4.69) is 6.58 Å². The zero-order valence-corrected chi connectivity index (χ0v) is 10.9. The fourth-order valence-corrected chi connectivity index (χ4v) is 1.75. The number of unbranched alkanes of at least 4 members (excludes halogenated alkanes) is 2. The Morgan fingerprint density at radius 3 is 2.22 bits per heavy atom. The van der Waals surface area contributed by atoms with Crippen LogP contribution in [-0.2, 0) is 20.1 Å². The average molecular weight is 253 g/mol. The summed E-state index contributed by atoms with van der Waals surface area (Å²) in [6.07, 6.45) is 4.15. The van der Waals surface area contributed by atoms with Crippen molar-refractivity contribution in [3.8, 4) is 0 Å². The number of rotatable bonds is 6. The van der Waals surface area contributed by atoms with E-state index in [0.29, 0.717) is 6.54 Å². The van der Waals surface area contributed by atoms with Crippen LogP contribution in [0.1, 0.15) is 26.2 Å². The second-order valence-electron chi connectivity index (χ2n) is 4.16. The Bertz CT molecular complexity index is 592. The van der Waals surface area contributed by atoms with Crippen LogP contribution in [0.2, 0.25) is 0 Å². The maximum absolute atomic E-state index is 12.0. The van der Waals surface area contributed by atoms with E-state index in [1.807, 2.05) is 6.92 Å². The van der Waals surface area contributed by atoms with Crippen molar-refractivity contribution < 1.29 is 0 Å². The van der Waals surface area contributed by atoms with Crippen molar-refractivity contribution in [2.75, 3.05) is 0 Å². The highest BCUT2D eigenvalue weighted by Crippen LogP contribution is 1.94. The van der Waals surface area contributed by atoms with Crippen LogP contribution in [0.3, 0.4) is 0 Å². The summed E-state index contributed by atoms with van der Waals surface area (Å²) in [6, 6.07) is 0. The summed E-state index contributed by atoms with van der Waals surface area (Å²) >= 11 is 0. The first-order chi connectivity index (χ1) is 8.54. The van der Waals surface area contributed by atoms with Gasteiger partial charge in [-0.05, 0) is 6.42 Å². The van der Waals surface area contributed by atoms with E-state index in [1.54, 1.807) is 0 Å². The number of nitrogens with zero attached hydrogens (tertiary/aromatic N) is 3. The molecule has 0 amide bonds. The molecule has 6 heteroatoms. The Morgan fingerprint density at radius 2 is 1.67 bits per heavy atom. The van der Waals surface area contributed by atoms with Crippen LogP contribution >= 0.6 is 0 Å². The molecule has 100 valence electrons. The summed E-state index contributed by atoms with van der Waals surface area (Å²) in [5.41, 5.74) is -1.71. The minimum atomic E-state index is -0.600. The van der Waals surface area contributed by atoms with Crippen LogP contribution in [0.15, 0.2) is 27.0 Å². The molecule has 18 heavy (non-hydrogen) atoms. The van der Waals surface area contributed by atoms with Gasteiger partial charge < -0.3 is 0 Å². The fraction of sp³-hybridized carbons (Fsp3) is 0.583. The molecular weight excluding hydrogens is 234 g/mol. The highest BCUT2D eigenvalue weighted by atomic mass is 16.2. The lowest BCUT2D eigenvalue weighted by atomic mass is 10.2. The van der Waals surface area contributed by atoms with E-state index in [-0.39, 0.29) is 6.54 Å². The molecule has 1 aromatic heterocycles. The monoisotopic (exact) mass is 253 g/mol. The van der Waals surface area contributed by atoms with Gasteiger partial charge in [-0.15, -0.1) is 6.58 Å². The SMILES string of the molecule is C=CCn1c(=O)n(C)c(=O)n(CCCCC)c1=O. The predicted molar refractivity (Wildman–Crippen MR) is 69.9 cm³/mol. The lowest BCUT2D eigenvalue weighted by molar-refractivity contribution is 0.472.